The first kappa shape index (κ1) is 13.4. The molecule has 106 valence electrons. The highest BCUT2D eigenvalue weighted by molar-refractivity contribution is 5.93. The number of aromatic amines is 1. The number of aromatic nitrogens is 1. The van der Waals surface area contributed by atoms with E-state index >= 15 is 0 Å². The first-order chi connectivity index (χ1) is 10.2. The monoisotopic (exact) mass is 279 g/mol. The van der Waals surface area contributed by atoms with Gasteiger partial charge in [-0.1, -0.05) is 24.3 Å². The topological polar surface area (TPSA) is 59.9 Å². The van der Waals surface area contributed by atoms with Crippen LogP contribution < -0.4 is 0 Å². The Morgan fingerprint density at radius 3 is 2.95 bits per heavy atom. The van der Waals surface area contributed by atoms with Crippen molar-refractivity contribution in [2.45, 2.75) is 25.8 Å². The first-order valence-electron chi connectivity index (χ1n) is 7.15. The van der Waals surface area contributed by atoms with Gasteiger partial charge in [0.25, 0.3) is 5.91 Å². The Hall–Kier alpha value is -2.54. The molecule has 21 heavy (non-hydrogen) atoms. The molecule has 0 bridgehead atoms. The molecule has 1 atom stereocenters. The molecular formula is C17H17N3O. The Balaban J connectivity index is 1.89. The molecule has 4 heteroatoms. The average molecular weight is 279 g/mol. The summed E-state index contributed by atoms with van der Waals surface area (Å²) in [6.45, 7) is 2.84. The number of aryl methyl sites for hydroxylation is 1. The van der Waals surface area contributed by atoms with Crippen LogP contribution >= 0.6 is 0 Å². The van der Waals surface area contributed by atoms with Crippen LogP contribution in [-0.4, -0.2) is 22.3 Å². The van der Waals surface area contributed by atoms with Crippen LogP contribution in [0.5, 0.6) is 0 Å². The van der Waals surface area contributed by atoms with Gasteiger partial charge < -0.3 is 9.88 Å². The van der Waals surface area contributed by atoms with Crippen LogP contribution in [0.2, 0.25) is 0 Å². The van der Waals surface area contributed by atoms with Gasteiger partial charge in [0.1, 0.15) is 11.8 Å². The highest BCUT2D eigenvalue weighted by Crippen LogP contribution is 2.34. The zero-order valence-corrected chi connectivity index (χ0v) is 12.0. The summed E-state index contributed by atoms with van der Waals surface area (Å²) in [5, 5.41) is 8.87. The highest BCUT2D eigenvalue weighted by Gasteiger charge is 2.31. The van der Waals surface area contributed by atoms with Crippen molar-refractivity contribution in [3.05, 3.63) is 58.9 Å². The van der Waals surface area contributed by atoms with Gasteiger partial charge in [-0.25, -0.2) is 0 Å². The number of amides is 1. The van der Waals surface area contributed by atoms with E-state index in [1.807, 2.05) is 23.1 Å². The van der Waals surface area contributed by atoms with Crippen molar-refractivity contribution < 1.29 is 4.79 Å². The molecule has 1 saturated heterocycles. The first-order valence-corrected chi connectivity index (χ1v) is 7.15. The second-order valence-electron chi connectivity index (χ2n) is 5.43. The number of rotatable bonds is 2. The zero-order chi connectivity index (χ0) is 14.8. The van der Waals surface area contributed by atoms with E-state index < -0.39 is 0 Å². The smallest absolute Gasteiger partial charge is 0.270 e. The molecule has 0 spiro atoms. The lowest BCUT2D eigenvalue weighted by Crippen LogP contribution is -2.31. The fourth-order valence-corrected chi connectivity index (χ4v) is 3.03. The van der Waals surface area contributed by atoms with Crippen LogP contribution in [-0.2, 0) is 0 Å². The summed E-state index contributed by atoms with van der Waals surface area (Å²) in [5.41, 5.74) is 3.42. The number of likely N-dealkylation sites (tertiary alicyclic amines) is 1. The van der Waals surface area contributed by atoms with Gasteiger partial charge in [-0.3, -0.25) is 4.79 Å². The van der Waals surface area contributed by atoms with Crippen LogP contribution in [0.25, 0.3) is 0 Å². The zero-order valence-electron chi connectivity index (χ0n) is 12.0. The Morgan fingerprint density at radius 2 is 2.24 bits per heavy atom. The number of nitrogens with one attached hydrogen (secondary N) is 1. The molecule has 0 saturated carbocycles. The van der Waals surface area contributed by atoms with Gasteiger partial charge in [-0.05, 0) is 37.0 Å². The van der Waals surface area contributed by atoms with Crippen molar-refractivity contribution in [2.75, 3.05) is 6.54 Å². The van der Waals surface area contributed by atoms with Crippen LogP contribution in [0.3, 0.4) is 0 Å². The summed E-state index contributed by atoms with van der Waals surface area (Å²) < 4.78 is 0. The Bertz CT molecular complexity index is 711. The van der Waals surface area contributed by atoms with Crippen molar-refractivity contribution >= 4 is 5.91 Å². The molecular weight excluding hydrogens is 262 g/mol. The van der Waals surface area contributed by atoms with Gasteiger partial charge in [0.2, 0.25) is 0 Å². The van der Waals surface area contributed by atoms with E-state index in [1.165, 1.54) is 11.1 Å². The van der Waals surface area contributed by atoms with E-state index in [2.05, 4.69) is 24.0 Å². The largest absolute Gasteiger partial charge is 0.356 e. The lowest BCUT2D eigenvalue weighted by atomic mass is 9.99. The Kier molecular flexibility index (Phi) is 3.49. The van der Waals surface area contributed by atoms with Gasteiger partial charge in [-0.15, -0.1) is 0 Å². The van der Waals surface area contributed by atoms with E-state index in [1.54, 1.807) is 12.3 Å². The van der Waals surface area contributed by atoms with E-state index in [0.717, 1.165) is 19.4 Å². The second kappa shape index (κ2) is 5.45. The van der Waals surface area contributed by atoms with Gasteiger partial charge in [-0.2, -0.15) is 5.26 Å². The summed E-state index contributed by atoms with van der Waals surface area (Å²) in [7, 11) is 0. The maximum Gasteiger partial charge on any atom is 0.270 e. The predicted octanol–water partition coefficient (Wildman–Crippen LogP) is 3.17. The number of benzene rings is 1. The number of carbonyl (C=O) groups is 1. The third-order valence-electron chi connectivity index (χ3n) is 4.10. The molecule has 1 amide bonds. The third kappa shape index (κ3) is 2.43. The maximum absolute atomic E-state index is 12.7. The summed E-state index contributed by atoms with van der Waals surface area (Å²) in [6.07, 6.45) is 3.57. The number of hydrogen-bond donors (Lipinski definition) is 1. The van der Waals surface area contributed by atoms with Crippen LogP contribution in [0.1, 0.15) is 46.1 Å². The predicted molar refractivity (Wildman–Crippen MR) is 79.7 cm³/mol. The lowest BCUT2D eigenvalue weighted by Gasteiger charge is -2.25. The van der Waals surface area contributed by atoms with E-state index in [4.69, 9.17) is 5.26 Å². The van der Waals surface area contributed by atoms with Gasteiger partial charge in [0, 0.05) is 12.7 Å². The standard InChI is InChI=1S/C17H17N3O/c1-12-5-2-3-6-14(12)16-7-4-8-20(16)17(21)15-9-13(10-18)11-19-15/h2-3,5-6,9,11,16,19H,4,7-8H2,1H3/t16-/m1/s1. The minimum absolute atomic E-state index is 0.0257. The lowest BCUT2D eigenvalue weighted by molar-refractivity contribution is 0.0730. The molecule has 1 fully saturated rings. The summed E-state index contributed by atoms with van der Waals surface area (Å²) in [6, 6.07) is 12.0. The maximum atomic E-state index is 12.7. The summed E-state index contributed by atoms with van der Waals surface area (Å²) >= 11 is 0. The number of hydrogen-bond acceptors (Lipinski definition) is 2. The second-order valence-corrected chi connectivity index (χ2v) is 5.43. The fraction of sp³-hybridized carbons (Fsp3) is 0.294. The molecule has 0 unspecified atom stereocenters. The number of carbonyl (C=O) groups excluding carboxylic acids is 1. The van der Waals surface area contributed by atoms with E-state index in [-0.39, 0.29) is 11.9 Å². The number of nitriles is 1. The highest BCUT2D eigenvalue weighted by atomic mass is 16.2. The van der Waals surface area contributed by atoms with Crippen LogP contribution in [0.15, 0.2) is 36.5 Å². The fourth-order valence-electron chi connectivity index (χ4n) is 3.03. The van der Waals surface area contributed by atoms with E-state index in [0.29, 0.717) is 11.3 Å². The van der Waals surface area contributed by atoms with Crippen molar-refractivity contribution in [1.82, 2.24) is 9.88 Å². The van der Waals surface area contributed by atoms with Crippen molar-refractivity contribution in [3.63, 3.8) is 0 Å². The molecule has 1 N–H and O–H groups in total. The van der Waals surface area contributed by atoms with Gasteiger partial charge in [0.05, 0.1) is 11.6 Å². The molecule has 3 rings (SSSR count). The molecule has 4 nitrogen and oxygen atoms in total. The van der Waals surface area contributed by atoms with Crippen LogP contribution in [0, 0.1) is 18.3 Å². The SMILES string of the molecule is Cc1ccccc1[C@H]1CCCN1C(=O)c1cc(C#N)c[nH]1. The van der Waals surface area contributed by atoms with Crippen molar-refractivity contribution in [1.29, 1.82) is 5.26 Å². The number of nitrogens with zero attached hydrogens (tertiary/aromatic N) is 2. The average Bonchev–Trinajstić information content (AvgIpc) is 3.16. The molecule has 1 aromatic heterocycles. The molecule has 1 aliphatic rings. The molecule has 2 heterocycles. The quantitative estimate of drug-likeness (QED) is 0.917. The third-order valence-corrected chi connectivity index (χ3v) is 4.10. The van der Waals surface area contributed by atoms with E-state index in [9.17, 15) is 4.79 Å². The Morgan fingerprint density at radius 1 is 1.43 bits per heavy atom. The van der Waals surface area contributed by atoms with Crippen LogP contribution in [0.4, 0.5) is 0 Å². The summed E-state index contributed by atoms with van der Waals surface area (Å²) in [4.78, 5) is 17.5. The normalized spacial score (nSPS) is 17.7. The van der Waals surface area contributed by atoms with Crippen molar-refractivity contribution in [3.8, 4) is 6.07 Å². The molecule has 1 aliphatic heterocycles. The molecule has 0 aliphatic carbocycles. The number of H-pyrrole nitrogens is 1. The van der Waals surface area contributed by atoms with Gasteiger partial charge >= 0.3 is 0 Å². The minimum Gasteiger partial charge on any atom is -0.356 e. The summed E-state index contributed by atoms with van der Waals surface area (Å²) in [5.74, 6) is -0.0257. The molecule has 1 aromatic carbocycles. The van der Waals surface area contributed by atoms with Gasteiger partial charge in [0.15, 0.2) is 0 Å². The Labute approximate surface area is 124 Å². The van der Waals surface area contributed by atoms with Crippen molar-refractivity contribution in [2.24, 2.45) is 0 Å². The molecule has 2 aromatic rings. The minimum atomic E-state index is -0.0257. The molecule has 0 radical (unpaired) electrons.